The molecule has 142 valence electrons. The summed E-state index contributed by atoms with van der Waals surface area (Å²) in [6, 6.07) is 17.2. The van der Waals surface area contributed by atoms with Gasteiger partial charge in [0.25, 0.3) is 5.91 Å². The van der Waals surface area contributed by atoms with E-state index in [1.165, 1.54) is 0 Å². The number of carbonyl (C=O) groups excluding carboxylic acids is 2. The average Bonchev–Trinajstić information content (AvgIpc) is 3.10. The Balaban J connectivity index is 1.33. The maximum atomic E-state index is 12.2. The Morgan fingerprint density at radius 3 is 2.52 bits per heavy atom. The maximum Gasteiger partial charge on any atom is 0.251 e. The number of benzene rings is 2. The van der Waals surface area contributed by atoms with Crippen LogP contribution in [0.2, 0.25) is 0 Å². The second-order valence-electron chi connectivity index (χ2n) is 6.74. The summed E-state index contributed by atoms with van der Waals surface area (Å²) in [5.41, 5.74) is 1.70. The van der Waals surface area contributed by atoms with Crippen LogP contribution in [0.4, 0.5) is 0 Å². The molecule has 0 spiro atoms. The molecule has 0 atom stereocenters. The Kier molecular flexibility index (Phi) is 6.85. The lowest BCUT2D eigenvalue weighted by atomic mass is 10.1. The summed E-state index contributed by atoms with van der Waals surface area (Å²) in [6.07, 6.45) is 3.35. The van der Waals surface area contributed by atoms with E-state index in [4.69, 9.17) is 4.74 Å². The molecule has 2 amide bonds. The number of nitrogens with zero attached hydrogens (tertiary/aromatic N) is 1. The molecule has 5 heteroatoms. The lowest BCUT2D eigenvalue weighted by molar-refractivity contribution is -0.128. The minimum atomic E-state index is -0.0669. The van der Waals surface area contributed by atoms with Crippen molar-refractivity contribution >= 4 is 11.8 Å². The summed E-state index contributed by atoms with van der Waals surface area (Å²) < 4.78 is 5.63. The molecule has 0 bridgehead atoms. The number of hydrogen-bond acceptors (Lipinski definition) is 3. The fourth-order valence-electron chi connectivity index (χ4n) is 3.09. The molecule has 0 aromatic heterocycles. The van der Waals surface area contributed by atoms with Crippen molar-refractivity contribution in [3.63, 3.8) is 0 Å². The van der Waals surface area contributed by atoms with Gasteiger partial charge in [0.15, 0.2) is 0 Å². The van der Waals surface area contributed by atoms with Crippen LogP contribution in [-0.2, 0) is 11.3 Å². The van der Waals surface area contributed by atoms with Crippen LogP contribution in [0, 0.1) is 0 Å². The zero-order valence-corrected chi connectivity index (χ0v) is 15.5. The number of ether oxygens (including phenoxy) is 1. The Hall–Kier alpha value is -2.82. The van der Waals surface area contributed by atoms with Gasteiger partial charge in [0.05, 0.1) is 6.61 Å². The fraction of sp³-hybridized carbons (Fsp3) is 0.364. The molecule has 3 rings (SSSR count). The molecular formula is C22H26N2O3. The highest BCUT2D eigenvalue weighted by atomic mass is 16.5. The lowest BCUT2D eigenvalue weighted by Crippen LogP contribution is -2.25. The van der Waals surface area contributed by atoms with E-state index in [-0.39, 0.29) is 11.8 Å². The maximum absolute atomic E-state index is 12.2. The Morgan fingerprint density at radius 2 is 1.81 bits per heavy atom. The SMILES string of the molecule is O=C(NCCCCOc1ccccc1)c1ccc(CN2CCCC2=O)cc1. The summed E-state index contributed by atoms with van der Waals surface area (Å²) in [4.78, 5) is 25.7. The molecule has 2 aromatic carbocycles. The summed E-state index contributed by atoms with van der Waals surface area (Å²) in [5.74, 6) is 1.02. The van der Waals surface area contributed by atoms with Crippen LogP contribution in [0.25, 0.3) is 0 Å². The van der Waals surface area contributed by atoms with Crippen LogP contribution in [0.5, 0.6) is 5.75 Å². The van der Waals surface area contributed by atoms with Crippen LogP contribution < -0.4 is 10.1 Å². The minimum absolute atomic E-state index is 0.0669. The van der Waals surface area contributed by atoms with E-state index in [9.17, 15) is 9.59 Å². The van der Waals surface area contributed by atoms with Crippen molar-refractivity contribution in [1.29, 1.82) is 0 Å². The van der Waals surface area contributed by atoms with Crippen LogP contribution in [0.3, 0.4) is 0 Å². The highest BCUT2D eigenvalue weighted by molar-refractivity contribution is 5.94. The van der Waals surface area contributed by atoms with Crippen LogP contribution in [-0.4, -0.2) is 36.4 Å². The van der Waals surface area contributed by atoms with Crippen molar-refractivity contribution in [2.75, 3.05) is 19.7 Å². The molecule has 27 heavy (non-hydrogen) atoms. The van der Waals surface area contributed by atoms with E-state index >= 15 is 0 Å². The minimum Gasteiger partial charge on any atom is -0.494 e. The first-order valence-corrected chi connectivity index (χ1v) is 9.55. The number of amides is 2. The molecule has 0 saturated carbocycles. The molecule has 0 unspecified atom stereocenters. The monoisotopic (exact) mass is 366 g/mol. The summed E-state index contributed by atoms with van der Waals surface area (Å²) in [7, 11) is 0. The van der Waals surface area contributed by atoms with Gasteiger partial charge in [-0.25, -0.2) is 0 Å². The third kappa shape index (κ3) is 5.84. The number of carbonyl (C=O) groups is 2. The first kappa shape index (κ1) is 19.0. The van der Waals surface area contributed by atoms with Crippen LogP contribution in [0.15, 0.2) is 54.6 Å². The van der Waals surface area contributed by atoms with E-state index in [0.717, 1.165) is 37.1 Å². The fourth-order valence-corrected chi connectivity index (χ4v) is 3.09. The van der Waals surface area contributed by atoms with Gasteiger partial charge in [-0.3, -0.25) is 9.59 Å². The third-order valence-corrected chi connectivity index (χ3v) is 4.63. The predicted octanol–water partition coefficient (Wildman–Crippen LogP) is 3.40. The molecule has 0 aliphatic carbocycles. The number of rotatable bonds is 9. The molecule has 1 fully saturated rings. The second kappa shape index (κ2) is 9.76. The quantitative estimate of drug-likeness (QED) is 0.692. The normalized spacial score (nSPS) is 13.6. The van der Waals surface area contributed by atoms with E-state index in [2.05, 4.69) is 5.32 Å². The van der Waals surface area contributed by atoms with Gasteiger partial charge in [-0.2, -0.15) is 0 Å². The summed E-state index contributed by atoms with van der Waals surface area (Å²) >= 11 is 0. The Morgan fingerprint density at radius 1 is 1.04 bits per heavy atom. The molecule has 1 heterocycles. The highest BCUT2D eigenvalue weighted by Crippen LogP contribution is 2.15. The van der Waals surface area contributed by atoms with Gasteiger partial charge in [0.2, 0.25) is 5.91 Å². The zero-order chi connectivity index (χ0) is 18.9. The van der Waals surface area contributed by atoms with Gasteiger partial charge < -0.3 is 15.0 Å². The lowest BCUT2D eigenvalue weighted by Gasteiger charge is -2.15. The van der Waals surface area contributed by atoms with E-state index in [0.29, 0.717) is 31.7 Å². The molecule has 1 N–H and O–H groups in total. The van der Waals surface area contributed by atoms with Gasteiger partial charge in [0, 0.05) is 31.6 Å². The van der Waals surface area contributed by atoms with Crippen molar-refractivity contribution < 1.29 is 14.3 Å². The van der Waals surface area contributed by atoms with Gasteiger partial charge in [-0.1, -0.05) is 30.3 Å². The largest absolute Gasteiger partial charge is 0.494 e. The topological polar surface area (TPSA) is 58.6 Å². The summed E-state index contributed by atoms with van der Waals surface area (Å²) in [5, 5.41) is 2.94. The van der Waals surface area contributed by atoms with Gasteiger partial charge in [-0.05, 0) is 49.1 Å². The molecule has 2 aromatic rings. The van der Waals surface area contributed by atoms with Crippen molar-refractivity contribution in [2.24, 2.45) is 0 Å². The standard InChI is InChI=1S/C22H26N2O3/c25-21-9-6-15-24(21)17-18-10-12-19(13-11-18)22(26)23-14-4-5-16-27-20-7-2-1-3-8-20/h1-3,7-8,10-13H,4-6,9,14-17H2,(H,23,26). The van der Waals surface area contributed by atoms with Crippen molar-refractivity contribution in [3.05, 3.63) is 65.7 Å². The van der Waals surface area contributed by atoms with Gasteiger partial charge in [-0.15, -0.1) is 0 Å². The number of likely N-dealkylation sites (tertiary alicyclic amines) is 1. The predicted molar refractivity (Wildman–Crippen MR) is 105 cm³/mol. The highest BCUT2D eigenvalue weighted by Gasteiger charge is 2.19. The number of unbranched alkanes of at least 4 members (excludes halogenated alkanes) is 1. The molecule has 1 saturated heterocycles. The smallest absolute Gasteiger partial charge is 0.251 e. The zero-order valence-electron chi connectivity index (χ0n) is 15.5. The second-order valence-corrected chi connectivity index (χ2v) is 6.74. The molecule has 0 radical (unpaired) electrons. The number of para-hydroxylation sites is 1. The van der Waals surface area contributed by atoms with E-state index < -0.39 is 0 Å². The summed E-state index contributed by atoms with van der Waals surface area (Å²) in [6.45, 7) is 2.72. The van der Waals surface area contributed by atoms with Crippen molar-refractivity contribution in [3.8, 4) is 5.75 Å². The average molecular weight is 366 g/mol. The van der Waals surface area contributed by atoms with E-state index in [1.54, 1.807) is 0 Å². The Labute approximate surface area is 160 Å². The molecular weight excluding hydrogens is 340 g/mol. The van der Waals surface area contributed by atoms with Crippen molar-refractivity contribution in [1.82, 2.24) is 10.2 Å². The number of hydrogen-bond donors (Lipinski definition) is 1. The van der Waals surface area contributed by atoms with Gasteiger partial charge >= 0.3 is 0 Å². The molecule has 1 aliphatic rings. The third-order valence-electron chi connectivity index (χ3n) is 4.63. The number of nitrogens with one attached hydrogen (secondary N) is 1. The van der Waals surface area contributed by atoms with Gasteiger partial charge in [0.1, 0.15) is 5.75 Å². The van der Waals surface area contributed by atoms with Crippen LogP contribution >= 0.6 is 0 Å². The Bertz CT molecular complexity index is 744. The molecule has 1 aliphatic heterocycles. The van der Waals surface area contributed by atoms with Crippen LogP contribution in [0.1, 0.15) is 41.6 Å². The van der Waals surface area contributed by atoms with Crippen molar-refractivity contribution in [2.45, 2.75) is 32.2 Å². The first-order valence-electron chi connectivity index (χ1n) is 9.55. The van der Waals surface area contributed by atoms with E-state index in [1.807, 2.05) is 59.5 Å². The molecule has 5 nitrogen and oxygen atoms in total. The first-order chi connectivity index (χ1) is 13.2.